The highest BCUT2D eigenvalue weighted by Crippen LogP contribution is 2.38. The predicted octanol–water partition coefficient (Wildman–Crippen LogP) is 9.59. The van der Waals surface area contributed by atoms with Gasteiger partial charge >= 0.3 is 0 Å². The smallest absolute Gasteiger partial charge is 0.0935 e. The molecule has 0 rings (SSSR count). The van der Waals surface area contributed by atoms with Crippen molar-refractivity contribution in [3.63, 3.8) is 0 Å². The summed E-state index contributed by atoms with van der Waals surface area (Å²) in [7, 11) is 1.09. The molecule has 0 spiro atoms. The number of unbranched alkanes of at least 4 members (excludes halogenated alkanes) is 18. The normalized spacial score (nSPS) is 12.1. The molecule has 194 valence electrons. The highest BCUT2D eigenvalue weighted by molar-refractivity contribution is 8.15. The van der Waals surface area contributed by atoms with Gasteiger partial charge in [-0.05, 0) is 19.3 Å². The third-order valence-corrected chi connectivity index (χ3v) is 10.2. The third kappa shape index (κ3) is 24.0. The molecule has 0 fully saturated rings. The summed E-state index contributed by atoms with van der Waals surface area (Å²) in [6.45, 7) is 8.63. The van der Waals surface area contributed by atoms with E-state index in [4.69, 9.17) is 8.37 Å². The van der Waals surface area contributed by atoms with Gasteiger partial charge in [-0.2, -0.15) is 0 Å². The van der Waals surface area contributed by atoms with Crippen LogP contribution in [-0.4, -0.2) is 27.2 Å². The van der Waals surface area contributed by atoms with Crippen molar-refractivity contribution in [3.8, 4) is 0 Å². The Balaban J connectivity index is 3.43. The Labute approximate surface area is 214 Å². The van der Waals surface area contributed by atoms with Crippen molar-refractivity contribution in [2.24, 2.45) is 0 Å². The van der Waals surface area contributed by atoms with E-state index in [9.17, 15) is 0 Å². The molecule has 0 aromatic carbocycles. The first-order valence-corrected chi connectivity index (χ1v) is 16.8. The molecule has 0 aliphatic carbocycles. The molecule has 0 saturated carbocycles. The number of rotatable bonds is 27. The molecule has 0 saturated heterocycles. The lowest BCUT2D eigenvalue weighted by Gasteiger charge is -2.24. The van der Waals surface area contributed by atoms with Gasteiger partial charge in [-0.3, -0.25) is 0 Å². The van der Waals surface area contributed by atoms with Gasteiger partial charge < -0.3 is 8.37 Å². The van der Waals surface area contributed by atoms with Gasteiger partial charge in [0.15, 0.2) is 0 Å². The first kappa shape index (κ1) is 32.8. The van der Waals surface area contributed by atoms with E-state index in [-0.39, 0.29) is 3.70 Å². The monoisotopic (exact) mass is 506 g/mol. The Hall–Kier alpha value is 0.837. The molecule has 0 aliphatic heterocycles. The second kappa shape index (κ2) is 26.4. The average Bonchev–Trinajstić information content (AvgIpc) is 2.80. The van der Waals surface area contributed by atoms with E-state index in [1.54, 1.807) is 24.1 Å². The summed E-state index contributed by atoms with van der Waals surface area (Å²) in [5, 5.41) is 0. The molecule has 32 heavy (non-hydrogen) atoms. The van der Waals surface area contributed by atoms with Gasteiger partial charge in [0, 0.05) is 34.3 Å². The van der Waals surface area contributed by atoms with Crippen LogP contribution in [0.1, 0.15) is 156 Å². The van der Waals surface area contributed by atoms with E-state index in [2.05, 4.69) is 20.8 Å². The van der Waals surface area contributed by atoms with E-state index in [0.717, 1.165) is 29.9 Å². The standard InChI is InChI=1S/C27H58O2S2Si/c1-4-7-9-11-13-15-17-19-21-23-25-28-30-27(32,6-3)31-29-26-24-22-20-18-16-14-12-10-8-5-2/h4-26H2,1-3,32H3. The van der Waals surface area contributed by atoms with Crippen molar-refractivity contribution < 1.29 is 8.37 Å². The van der Waals surface area contributed by atoms with E-state index in [1.165, 1.54) is 128 Å². The SMILES string of the molecule is CCCCCCCCCCCCOSC([SiH3])(CC)SOCCCCCCCCCCCC. The van der Waals surface area contributed by atoms with E-state index < -0.39 is 0 Å². The van der Waals surface area contributed by atoms with Crippen molar-refractivity contribution >= 4 is 34.3 Å². The van der Waals surface area contributed by atoms with Crippen LogP contribution >= 0.6 is 24.1 Å². The lowest BCUT2D eigenvalue weighted by molar-refractivity contribution is 0.344. The van der Waals surface area contributed by atoms with Crippen LogP contribution in [0.3, 0.4) is 0 Å². The van der Waals surface area contributed by atoms with E-state index in [1.807, 2.05) is 0 Å². The van der Waals surface area contributed by atoms with Crippen LogP contribution in [-0.2, 0) is 8.37 Å². The van der Waals surface area contributed by atoms with Gasteiger partial charge in [-0.15, -0.1) is 0 Å². The molecule has 0 aromatic rings. The maximum Gasteiger partial charge on any atom is 0.0935 e. The van der Waals surface area contributed by atoms with Crippen LogP contribution in [0.4, 0.5) is 0 Å². The van der Waals surface area contributed by atoms with Crippen LogP contribution in [0.5, 0.6) is 0 Å². The molecule has 0 N–H and O–H groups in total. The maximum atomic E-state index is 5.97. The van der Waals surface area contributed by atoms with Crippen LogP contribution in [0.2, 0.25) is 0 Å². The van der Waals surface area contributed by atoms with Crippen LogP contribution < -0.4 is 0 Å². The summed E-state index contributed by atoms with van der Waals surface area (Å²) < 4.78 is 12.1. The molecule has 0 amide bonds. The van der Waals surface area contributed by atoms with Crippen LogP contribution in [0.15, 0.2) is 0 Å². The maximum absolute atomic E-state index is 5.97. The third-order valence-electron chi connectivity index (χ3n) is 6.28. The molecular formula is C27H58O2S2Si. The van der Waals surface area contributed by atoms with Gasteiger partial charge in [0.25, 0.3) is 0 Å². The molecule has 0 heterocycles. The van der Waals surface area contributed by atoms with Gasteiger partial charge in [-0.1, -0.05) is 136 Å². The zero-order valence-corrected chi connectivity index (χ0v) is 26.0. The zero-order chi connectivity index (χ0) is 23.6. The largest absolute Gasteiger partial charge is 0.314 e. The van der Waals surface area contributed by atoms with E-state index in [0.29, 0.717) is 0 Å². The second-order valence-corrected chi connectivity index (χ2v) is 15.7. The zero-order valence-electron chi connectivity index (χ0n) is 22.4. The minimum absolute atomic E-state index is 0.150. The summed E-state index contributed by atoms with van der Waals surface area (Å²) in [5.41, 5.74) is 0. The van der Waals surface area contributed by atoms with Crippen LogP contribution in [0, 0.1) is 0 Å². The molecule has 0 aromatic heterocycles. The quantitative estimate of drug-likeness (QED) is 0.0477. The highest BCUT2D eigenvalue weighted by atomic mass is 32.2. The minimum Gasteiger partial charge on any atom is -0.314 e. The Morgan fingerprint density at radius 2 is 0.750 bits per heavy atom. The molecular weight excluding hydrogens is 449 g/mol. The molecule has 0 aliphatic rings. The second-order valence-electron chi connectivity index (χ2n) is 9.66. The first-order valence-electron chi connectivity index (χ1n) is 14.3. The Bertz CT molecular complexity index is 331. The van der Waals surface area contributed by atoms with Gasteiger partial charge in [0.05, 0.1) is 16.9 Å². The van der Waals surface area contributed by atoms with Crippen molar-refractivity contribution in [1.82, 2.24) is 0 Å². The Morgan fingerprint density at radius 1 is 0.469 bits per heavy atom. The highest BCUT2D eigenvalue weighted by Gasteiger charge is 2.25. The van der Waals surface area contributed by atoms with E-state index >= 15 is 0 Å². The summed E-state index contributed by atoms with van der Waals surface area (Å²) in [4.78, 5) is 0. The minimum atomic E-state index is 0.150. The van der Waals surface area contributed by atoms with Crippen molar-refractivity contribution in [3.05, 3.63) is 0 Å². The summed E-state index contributed by atoms with van der Waals surface area (Å²) in [5.74, 6) is 0. The van der Waals surface area contributed by atoms with Crippen molar-refractivity contribution in [2.45, 2.75) is 159 Å². The summed E-state index contributed by atoms with van der Waals surface area (Å²) in [6.07, 6.45) is 28.7. The Kier molecular flexibility index (Phi) is 27.1. The van der Waals surface area contributed by atoms with Crippen molar-refractivity contribution in [2.75, 3.05) is 13.2 Å². The molecule has 5 heteroatoms. The molecule has 2 nitrogen and oxygen atoms in total. The molecule has 0 unspecified atom stereocenters. The fourth-order valence-electron chi connectivity index (χ4n) is 3.76. The summed E-state index contributed by atoms with van der Waals surface area (Å²) >= 11 is 3.37. The molecule has 0 radical (unpaired) electrons. The molecule has 0 atom stereocenters. The average molecular weight is 507 g/mol. The van der Waals surface area contributed by atoms with Gasteiger partial charge in [0.2, 0.25) is 0 Å². The molecule has 0 bridgehead atoms. The lowest BCUT2D eigenvalue weighted by Crippen LogP contribution is -2.20. The number of hydrogen-bond donors (Lipinski definition) is 0. The Morgan fingerprint density at radius 3 is 1.03 bits per heavy atom. The lowest BCUT2D eigenvalue weighted by atomic mass is 10.1. The topological polar surface area (TPSA) is 18.5 Å². The van der Waals surface area contributed by atoms with Crippen molar-refractivity contribution in [1.29, 1.82) is 0 Å². The summed E-state index contributed by atoms with van der Waals surface area (Å²) in [6, 6.07) is 0. The van der Waals surface area contributed by atoms with Gasteiger partial charge in [-0.25, -0.2) is 0 Å². The first-order chi connectivity index (χ1) is 15.7. The van der Waals surface area contributed by atoms with Crippen LogP contribution in [0.25, 0.3) is 0 Å². The fraction of sp³-hybridized carbons (Fsp3) is 1.00. The van der Waals surface area contributed by atoms with Gasteiger partial charge in [0.1, 0.15) is 0 Å². The number of hydrogen-bond acceptors (Lipinski definition) is 4. The fourth-order valence-corrected chi connectivity index (χ4v) is 6.00. The predicted molar refractivity (Wildman–Crippen MR) is 154 cm³/mol.